The van der Waals surface area contributed by atoms with Gasteiger partial charge in [-0.05, 0) is 74.7 Å². The van der Waals surface area contributed by atoms with Crippen LogP contribution in [0.5, 0.6) is 0 Å². The maximum Gasteiger partial charge on any atom is 0.451 e. The summed E-state index contributed by atoms with van der Waals surface area (Å²) >= 11 is 0.894. The second-order valence-corrected chi connectivity index (χ2v) is 13.8. The van der Waals surface area contributed by atoms with Gasteiger partial charge in [-0.2, -0.15) is 18.2 Å². The zero-order valence-corrected chi connectivity index (χ0v) is 23.7. The average Bonchev–Trinajstić information content (AvgIpc) is 3.09. The van der Waals surface area contributed by atoms with Crippen LogP contribution >= 0.6 is 11.8 Å². The van der Waals surface area contributed by atoms with Crippen molar-refractivity contribution in [3.63, 3.8) is 0 Å². The SMILES string of the molecule is CC(C)(C)OC(=O)N[C@@]1(C(=O)OC(C)(C)C)C[C@H](Sc2n[nH]c(C(F)(F)F)n2)[C@H]2[C@H](C(=O)OC(C)(C)C)[C@H]21. The third-order valence-electron chi connectivity index (χ3n) is 5.75. The number of alkyl carbamates (subject to hydrolysis) is 1. The summed E-state index contributed by atoms with van der Waals surface area (Å²) in [5, 5.41) is 7.37. The van der Waals surface area contributed by atoms with E-state index >= 15 is 0 Å². The van der Waals surface area contributed by atoms with E-state index in [1.54, 1.807) is 62.3 Å². The number of carbonyl (C=O) groups is 3. The van der Waals surface area contributed by atoms with Crippen molar-refractivity contribution in [1.82, 2.24) is 20.5 Å². The van der Waals surface area contributed by atoms with Crippen LogP contribution in [0, 0.1) is 17.8 Å². The highest BCUT2D eigenvalue weighted by molar-refractivity contribution is 7.99. The van der Waals surface area contributed by atoms with E-state index in [9.17, 15) is 27.6 Å². The van der Waals surface area contributed by atoms with E-state index in [0.29, 0.717) is 0 Å². The van der Waals surface area contributed by atoms with Crippen molar-refractivity contribution >= 4 is 29.8 Å². The Morgan fingerprint density at radius 1 is 0.947 bits per heavy atom. The molecule has 0 unspecified atom stereocenters. The summed E-state index contributed by atoms with van der Waals surface area (Å²) in [7, 11) is 0. The van der Waals surface area contributed by atoms with Crippen molar-refractivity contribution in [2.75, 3.05) is 0 Å². The van der Waals surface area contributed by atoms with Crippen LogP contribution in [0.25, 0.3) is 0 Å². The molecule has 14 heteroatoms. The number of carbonyl (C=O) groups excluding carboxylic acids is 3. The molecule has 0 saturated heterocycles. The quantitative estimate of drug-likeness (QED) is 0.392. The molecule has 1 aromatic rings. The lowest BCUT2D eigenvalue weighted by Crippen LogP contribution is -2.59. The Morgan fingerprint density at radius 2 is 1.50 bits per heavy atom. The van der Waals surface area contributed by atoms with Crippen LogP contribution in [-0.4, -0.2) is 60.8 Å². The summed E-state index contributed by atoms with van der Waals surface area (Å²) in [5.41, 5.74) is -4.33. The molecular weight excluding hydrogens is 529 g/mol. The van der Waals surface area contributed by atoms with Gasteiger partial charge in [0.2, 0.25) is 11.0 Å². The monoisotopic (exact) mass is 564 g/mol. The number of nitrogens with zero attached hydrogens (tertiary/aromatic N) is 2. The molecule has 1 aromatic heterocycles. The van der Waals surface area contributed by atoms with Gasteiger partial charge in [-0.25, -0.2) is 9.59 Å². The number of rotatable bonds is 5. The molecule has 3 rings (SSSR count). The first kappa shape index (κ1) is 30.0. The fourth-order valence-corrected chi connectivity index (χ4v) is 5.99. The number of H-pyrrole nitrogens is 1. The Bertz CT molecular complexity index is 1090. The zero-order chi connectivity index (χ0) is 29.1. The van der Waals surface area contributed by atoms with Gasteiger partial charge in [0.25, 0.3) is 0 Å². The van der Waals surface area contributed by atoms with Crippen molar-refractivity contribution in [2.24, 2.45) is 17.8 Å². The van der Waals surface area contributed by atoms with Crippen LogP contribution in [0.2, 0.25) is 0 Å². The van der Waals surface area contributed by atoms with Crippen molar-refractivity contribution in [2.45, 2.75) is 108 Å². The molecule has 0 spiro atoms. The summed E-state index contributed by atoms with van der Waals surface area (Å²) in [6.07, 6.45) is -5.66. The molecule has 0 radical (unpaired) electrons. The molecule has 5 atom stereocenters. The number of esters is 2. The summed E-state index contributed by atoms with van der Waals surface area (Å²) in [4.78, 5) is 43.3. The molecule has 2 aliphatic carbocycles. The van der Waals surface area contributed by atoms with Crippen molar-refractivity contribution in [3.8, 4) is 0 Å². The number of thioether (sulfide) groups is 1. The molecule has 10 nitrogen and oxygen atoms in total. The molecule has 0 bridgehead atoms. The predicted molar refractivity (Wildman–Crippen MR) is 130 cm³/mol. The third kappa shape index (κ3) is 6.92. The number of aromatic nitrogens is 3. The highest BCUT2D eigenvalue weighted by Gasteiger charge is 2.77. The first-order chi connectivity index (χ1) is 17.0. The van der Waals surface area contributed by atoms with Crippen LogP contribution < -0.4 is 5.32 Å². The Balaban J connectivity index is 2.00. The number of hydrogen-bond donors (Lipinski definition) is 2. The highest BCUT2D eigenvalue weighted by Crippen LogP contribution is 2.66. The first-order valence-electron chi connectivity index (χ1n) is 12.2. The number of hydrogen-bond acceptors (Lipinski definition) is 9. The van der Waals surface area contributed by atoms with Crippen molar-refractivity contribution < 1.29 is 41.8 Å². The minimum absolute atomic E-state index is 0.0453. The van der Waals surface area contributed by atoms with E-state index in [2.05, 4.69) is 15.4 Å². The van der Waals surface area contributed by atoms with Gasteiger partial charge in [0.15, 0.2) is 0 Å². The van der Waals surface area contributed by atoms with Gasteiger partial charge < -0.3 is 19.5 Å². The van der Waals surface area contributed by atoms with Crippen molar-refractivity contribution in [3.05, 3.63) is 5.82 Å². The molecule has 214 valence electrons. The topological polar surface area (TPSA) is 132 Å². The zero-order valence-electron chi connectivity index (χ0n) is 22.9. The van der Waals surface area contributed by atoms with Crippen LogP contribution in [0.1, 0.15) is 74.6 Å². The molecule has 0 aliphatic heterocycles. The number of fused-ring (bicyclic) bond motifs is 1. The largest absolute Gasteiger partial charge is 0.460 e. The van der Waals surface area contributed by atoms with Gasteiger partial charge in [-0.1, -0.05) is 11.8 Å². The molecule has 0 aromatic carbocycles. The van der Waals surface area contributed by atoms with E-state index < -0.39 is 75.4 Å². The van der Waals surface area contributed by atoms with Crippen LogP contribution in [0.3, 0.4) is 0 Å². The predicted octanol–water partition coefficient (Wildman–Crippen LogP) is 4.50. The van der Waals surface area contributed by atoms with Crippen LogP contribution in [-0.2, 0) is 30.0 Å². The molecule has 2 saturated carbocycles. The molecule has 2 fully saturated rings. The molecule has 1 heterocycles. The Kier molecular flexibility index (Phi) is 7.59. The maximum absolute atomic E-state index is 13.7. The van der Waals surface area contributed by atoms with Crippen LogP contribution in [0.15, 0.2) is 5.16 Å². The highest BCUT2D eigenvalue weighted by atomic mass is 32.2. The minimum Gasteiger partial charge on any atom is -0.460 e. The van der Waals surface area contributed by atoms with Gasteiger partial charge >= 0.3 is 24.2 Å². The number of ether oxygens (including phenoxy) is 3. The summed E-state index contributed by atoms with van der Waals surface area (Å²) in [5.74, 6) is -4.69. The Morgan fingerprint density at radius 3 is 1.97 bits per heavy atom. The molecule has 38 heavy (non-hydrogen) atoms. The van der Waals surface area contributed by atoms with E-state index in [4.69, 9.17) is 14.2 Å². The van der Waals surface area contributed by atoms with Gasteiger partial charge in [0, 0.05) is 11.2 Å². The standard InChI is InChI=1S/C24H35F3N4O6S/c1-20(2,3)35-15(32)13-12-11(38-18-28-16(30-31-18)24(25,26)27)10-23(14(12)13,17(33)36-21(4,5)6)29-19(34)37-22(7,8)9/h11-14H,10H2,1-9H3,(H,29,34)(H,28,30,31)/t11-,12-,13-,14-,23-/m0/s1. The van der Waals surface area contributed by atoms with Gasteiger partial charge in [-0.3, -0.25) is 9.89 Å². The number of aromatic amines is 1. The third-order valence-corrected chi connectivity index (χ3v) is 6.93. The minimum atomic E-state index is -4.72. The second-order valence-electron chi connectivity index (χ2n) is 12.6. The van der Waals surface area contributed by atoms with E-state index in [1.807, 2.05) is 5.10 Å². The first-order valence-corrected chi connectivity index (χ1v) is 13.0. The lowest BCUT2D eigenvalue weighted by atomic mass is 9.89. The van der Waals surface area contributed by atoms with Crippen LogP contribution in [0.4, 0.5) is 18.0 Å². The summed E-state index contributed by atoms with van der Waals surface area (Å²) in [6, 6.07) is 0. The van der Waals surface area contributed by atoms with Gasteiger partial charge in [0.1, 0.15) is 22.3 Å². The Labute approximate surface area is 223 Å². The number of alkyl halides is 3. The Hall–Kier alpha value is -2.51. The number of nitrogens with one attached hydrogen (secondary N) is 2. The second kappa shape index (κ2) is 9.60. The van der Waals surface area contributed by atoms with E-state index in [-0.39, 0.29) is 11.6 Å². The summed E-state index contributed by atoms with van der Waals surface area (Å²) < 4.78 is 55.8. The normalized spacial score (nSPS) is 27.4. The van der Waals surface area contributed by atoms with E-state index in [0.717, 1.165) is 11.8 Å². The smallest absolute Gasteiger partial charge is 0.451 e. The lowest BCUT2D eigenvalue weighted by molar-refractivity contribution is -0.165. The van der Waals surface area contributed by atoms with E-state index in [1.165, 1.54) is 0 Å². The maximum atomic E-state index is 13.7. The lowest BCUT2D eigenvalue weighted by Gasteiger charge is -2.35. The molecule has 2 aliphatic rings. The van der Waals surface area contributed by atoms with Crippen molar-refractivity contribution in [1.29, 1.82) is 0 Å². The average molecular weight is 565 g/mol. The fraction of sp³-hybridized carbons (Fsp3) is 0.792. The number of halogens is 3. The van der Waals surface area contributed by atoms with Gasteiger partial charge in [-0.15, -0.1) is 5.10 Å². The molecule has 2 N–H and O–H groups in total. The molecule has 1 amide bonds. The molecular formula is C24H35F3N4O6S. The van der Waals surface area contributed by atoms with Gasteiger partial charge in [0.05, 0.1) is 5.92 Å². The fourth-order valence-electron chi connectivity index (χ4n) is 4.64. The summed E-state index contributed by atoms with van der Waals surface area (Å²) in [6.45, 7) is 15.0. The number of amides is 1.